The fraction of sp³-hybridized carbons (Fsp3) is 0.250. The van der Waals surface area contributed by atoms with E-state index in [1.165, 1.54) is 0 Å². The fourth-order valence-corrected chi connectivity index (χ4v) is 1.95. The van der Waals surface area contributed by atoms with Crippen molar-refractivity contribution in [3.05, 3.63) is 29.3 Å². The van der Waals surface area contributed by atoms with Crippen LogP contribution in [0.3, 0.4) is 0 Å². The molecule has 0 radical (unpaired) electrons. The molecule has 1 aliphatic rings. The first-order chi connectivity index (χ1) is 9.31. The van der Waals surface area contributed by atoms with E-state index in [-0.39, 0.29) is 11.3 Å². The van der Waals surface area contributed by atoms with Crippen LogP contribution in [-0.4, -0.2) is 40.5 Å². The minimum Gasteiger partial charge on any atom is -0.481 e. The summed E-state index contributed by atoms with van der Waals surface area (Å²) in [5, 5.41) is 18.0. The molecule has 1 aromatic rings. The van der Waals surface area contributed by atoms with E-state index in [1.807, 2.05) is 0 Å². The van der Waals surface area contributed by atoms with Crippen LogP contribution in [0.4, 0.5) is 14.5 Å². The summed E-state index contributed by atoms with van der Waals surface area (Å²) < 4.78 is 26.2. The van der Waals surface area contributed by atoms with E-state index in [0.29, 0.717) is 12.1 Å². The highest BCUT2D eigenvalue weighted by Gasteiger charge is 2.38. The first kappa shape index (κ1) is 14.1. The number of carbonyl (C=O) groups is 3. The molecule has 1 aliphatic heterocycles. The number of fused-ring (bicyclic) bond motifs is 1. The summed E-state index contributed by atoms with van der Waals surface area (Å²) in [5.74, 6) is -5.89. The number of Topliss-reactive ketones (excluding diaryl/α,β-unsaturated/α-hetero) is 1. The molecule has 0 bridgehead atoms. The Kier molecular flexibility index (Phi) is 3.49. The number of amides is 1. The zero-order valence-electron chi connectivity index (χ0n) is 9.97. The Morgan fingerprint density at radius 3 is 2.45 bits per heavy atom. The molecular formula is C12H9F2NO5. The lowest BCUT2D eigenvalue weighted by molar-refractivity contribution is -0.139. The van der Waals surface area contributed by atoms with E-state index in [2.05, 4.69) is 0 Å². The molecule has 0 spiro atoms. The SMILES string of the molecule is O=C(O)CC(O)CN1C(=O)C(=O)c2cc(F)c(F)cc21. The Balaban J connectivity index is 2.33. The van der Waals surface area contributed by atoms with Crippen molar-refractivity contribution in [2.24, 2.45) is 0 Å². The summed E-state index contributed by atoms with van der Waals surface area (Å²) in [7, 11) is 0. The summed E-state index contributed by atoms with van der Waals surface area (Å²) in [6, 6.07) is 1.27. The third kappa shape index (κ3) is 2.37. The van der Waals surface area contributed by atoms with Gasteiger partial charge in [-0.1, -0.05) is 0 Å². The zero-order chi connectivity index (χ0) is 15.0. The first-order valence-corrected chi connectivity index (χ1v) is 5.56. The number of halogens is 2. The van der Waals surface area contributed by atoms with Crippen LogP contribution in [0.15, 0.2) is 12.1 Å². The molecule has 20 heavy (non-hydrogen) atoms. The first-order valence-electron chi connectivity index (χ1n) is 5.56. The van der Waals surface area contributed by atoms with E-state index in [9.17, 15) is 28.3 Å². The van der Waals surface area contributed by atoms with Crippen molar-refractivity contribution in [3.63, 3.8) is 0 Å². The van der Waals surface area contributed by atoms with Gasteiger partial charge in [0.25, 0.3) is 11.7 Å². The van der Waals surface area contributed by atoms with Gasteiger partial charge < -0.3 is 15.1 Å². The smallest absolute Gasteiger partial charge is 0.306 e. The van der Waals surface area contributed by atoms with Crippen molar-refractivity contribution in [1.29, 1.82) is 0 Å². The average Bonchev–Trinajstić information content (AvgIpc) is 2.55. The van der Waals surface area contributed by atoms with Crippen LogP contribution in [0.2, 0.25) is 0 Å². The largest absolute Gasteiger partial charge is 0.481 e. The van der Waals surface area contributed by atoms with Crippen molar-refractivity contribution in [3.8, 4) is 0 Å². The van der Waals surface area contributed by atoms with Crippen LogP contribution in [-0.2, 0) is 9.59 Å². The standard InChI is InChI=1S/C12H9F2NO5/c13-7-2-6-9(3-8(7)14)15(12(20)11(6)19)4-5(16)1-10(17)18/h2-3,5,16H,1,4H2,(H,17,18). The van der Waals surface area contributed by atoms with Gasteiger partial charge >= 0.3 is 5.97 Å². The second kappa shape index (κ2) is 4.97. The minimum atomic E-state index is -1.43. The Bertz CT molecular complexity index is 616. The number of anilines is 1. The van der Waals surface area contributed by atoms with Crippen molar-refractivity contribution in [1.82, 2.24) is 0 Å². The number of ketones is 1. The molecule has 0 saturated heterocycles. The molecule has 6 nitrogen and oxygen atoms in total. The molecule has 8 heteroatoms. The van der Waals surface area contributed by atoms with Gasteiger partial charge in [-0.15, -0.1) is 0 Å². The maximum atomic E-state index is 13.2. The van der Waals surface area contributed by atoms with E-state index < -0.39 is 48.4 Å². The lowest BCUT2D eigenvalue weighted by Gasteiger charge is -2.19. The molecule has 2 N–H and O–H groups in total. The molecular weight excluding hydrogens is 276 g/mol. The minimum absolute atomic E-state index is 0.177. The molecule has 0 saturated carbocycles. The normalized spacial score (nSPS) is 15.4. The number of aliphatic carboxylic acids is 1. The van der Waals surface area contributed by atoms with Gasteiger partial charge in [0.2, 0.25) is 0 Å². The van der Waals surface area contributed by atoms with Gasteiger partial charge in [-0.25, -0.2) is 8.78 Å². The molecule has 1 aromatic carbocycles. The van der Waals surface area contributed by atoms with E-state index in [1.54, 1.807) is 0 Å². The molecule has 1 atom stereocenters. The quantitative estimate of drug-likeness (QED) is 0.777. The van der Waals surface area contributed by atoms with Crippen LogP contribution in [0.5, 0.6) is 0 Å². The van der Waals surface area contributed by atoms with Gasteiger partial charge in [0.15, 0.2) is 11.6 Å². The molecule has 1 amide bonds. The van der Waals surface area contributed by atoms with E-state index in [4.69, 9.17) is 5.11 Å². The van der Waals surface area contributed by atoms with Crippen molar-refractivity contribution in [2.45, 2.75) is 12.5 Å². The number of hydrogen-bond donors (Lipinski definition) is 2. The summed E-state index contributed by atoms with van der Waals surface area (Å²) in [4.78, 5) is 34.5. The van der Waals surface area contributed by atoms with Crippen LogP contribution < -0.4 is 4.90 Å². The topological polar surface area (TPSA) is 94.9 Å². The van der Waals surface area contributed by atoms with Gasteiger partial charge in [0, 0.05) is 6.07 Å². The van der Waals surface area contributed by atoms with Crippen LogP contribution in [0.1, 0.15) is 16.8 Å². The maximum Gasteiger partial charge on any atom is 0.306 e. The number of rotatable bonds is 4. The molecule has 2 rings (SSSR count). The molecule has 0 aliphatic carbocycles. The highest BCUT2D eigenvalue weighted by Crippen LogP contribution is 2.31. The maximum absolute atomic E-state index is 13.2. The lowest BCUT2D eigenvalue weighted by Crippen LogP contribution is -2.37. The third-order valence-corrected chi connectivity index (χ3v) is 2.82. The van der Waals surface area contributed by atoms with Crippen molar-refractivity contribution >= 4 is 23.3 Å². The number of carboxylic acid groups (broad SMARTS) is 1. The van der Waals surface area contributed by atoms with Crippen LogP contribution >= 0.6 is 0 Å². The van der Waals surface area contributed by atoms with Crippen molar-refractivity contribution < 1.29 is 33.4 Å². The lowest BCUT2D eigenvalue weighted by atomic mass is 10.1. The zero-order valence-corrected chi connectivity index (χ0v) is 9.97. The summed E-state index contributed by atoms with van der Waals surface area (Å²) >= 11 is 0. The van der Waals surface area contributed by atoms with Gasteiger partial charge in [0.05, 0.1) is 30.3 Å². The van der Waals surface area contributed by atoms with E-state index in [0.717, 1.165) is 4.90 Å². The summed E-state index contributed by atoms with van der Waals surface area (Å²) in [6.45, 7) is -0.491. The number of β-amino-alcohol motifs (C(OH)–C–C–N with tert-alkyl or cyclic N) is 1. The highest BCUT2D eigenvalue weighted by atomic mass is 19.2. The summed E-state index contributed by atoms with van der Waals surface area (Å²) in [6.07, 6.45) is -2.07. The second-order valence-electron chi connectivity index (χ2n) is 4.28. The Morgan fingerprint density at radius 2 is 1.85 bits per heavy atom. The molecule has 1 heterocycles. The molecule has 0 fully saturated rings. The molecule has 106 valence electrons. The fourth-order valence-electron chi connectivity index (χ4n) is 1.95. The predicted molar refractivity (Wildman–Crippen MR) is 61.3 cm³/mol. The number of benzene rings is 1. The van der Waals surface area contributed by atoms with Gasteiger partial charge in [0.1, 0.15) is 0 Å². The number of aliphatic hydroxyl groups excluding tert-OH is 1. The van der Waals surface area contributed by atoms with E-state index >= 15 is 0 Å². The monoisotopic (exact) mass is 285 g/mol. The Hall–Kier alpha value is -2.35. The number of aliphatic hydroxyl groups is 1. The van der Waals surface area contributed by atoms with Gasteiger partial charge in [-0.3, -0.25) is 14.4 Å². The number of carboxylic acids is 1. The number of hydrogen-bond acceptors (Lipinski definition) is 4. The third-order valence-electron chi connectivity index (χ3n) is 2.82. The Labute approximate surface area is 111 Å². The van der Waals surface area contributed by atoms with Crippen LogP contribution in [0, 0.1) is 11.6 Å². The summed E-state index contributed by atoms with van der Waals surface area (Å²) in [5.41, 5.74) is -0.486. The number of carbonyl (C=O) groups excluding carboxylic acids is 2. The Morgan fingerprint density at radius 1 is 1.25 bits per heavy atom. The highest BCUT2D eigenvalue weighted by molar-refractivity contribution is 6.52. The van der Waals surface area contributed by atoms with Gasteiger partial charge in [-0.05, 0) is 6.07 Å². The molecule has 1 unspecified atom stereocenters. The average molecular weight is 285 g/mol. The second-order valence-corrected chi connectivity index (χ2v) is 4.28. The predicted octanol–water partition coefficient (Wildman–Crippen LogP) is 0.330. The van der Waals surface area contributed by atoms with Crippen LogP contribution in [0.25, 0.3) is 0 Å². The van der Waals surface area contributed by atoms with Gasteiger partial charge in [-0.2, -0.15) is 0 Å². The molecule has 0 aromatic heterocycles. The van der Waals surface area contributed by atoms with Crippen molar-refractivity contribution in [2.75, 3.05) is 11.4 Å². The number of nitrogens with zero attached hydrogens (tertiary/aromatic N) is 1.